The molecule has 4 rings (SSSR count). The lowest BCUT2D eigenvalue weighted by molar-refractivity contribution is 0.0994. The molecule has 5 heteroatoms. The topological polar surface area (TPSA) is 68.3 Å². The quantitative estimate of drug-likeness (QED) is 0.606. The third kappa shape index (κ3) is 3.49. The number of rotatable bonds is 6. The number of fused-ring (bicyclic) bond motifs is 1. The molecule has 1 aromatic heterocycles. The predicted molar refractivity (Wildman–Crippen MR) is 123 cm³/mol. The zero-order valence-corrected chi connectivity index (χ0v) is 17.9. The van der Waals surface area contributed by atoms with Gasteiger partial charge in [0.2, 0.25) is 0 Å². The summed E-state index contributed by atoms with van der Waals surface area (Å²) in [7, 11) is 1.75. The maximum absolute atomic E-state index is 13.4. The maximum Gasteiger partial charge on any atom is 0.260 e. The van der Waals surface area contributed by atoms with E-state index in [-0.39, 0.29) is 11.5 Å². The van der Waals surface area contributed by atoms with Gasteiger partial charge in [-0.15, -0.1) is 0 Å². The van der Waals surface area contributed by atoms with Crippen molar-refractivity contribution in [3.05, 3.63) is 69.5 Å². The number of nitrogens with zero attached hydrogens (tertiary/aromatic N) is 2. The standard InChI is InChI=1S/C25H29N3O2/c1-4-7-16-10-13-19(21(26)14-16)25(30)27(3)22-9-6-8-18-20(17-11-12-17)15-23(29)28(5-2)24(18)22/h6,8-10,13-15,17H,4-5,7,11-12,26H2,1-3H3. The Kier molecular flexibility index (Phi) is 5.37. The molecule has 0 spiro atoms. The van der Waals surface area contributed by atoms with Crippen LogP contribution in [0.3, 0.4) is 0 Å². The fourth-order valence-corrected chi connectivity index (χ4v) is 4.30. The Bertz CT molecular complexity index is 1170. The number of anilines is 2. The lowest BCUT2D eigenvalue weighted by Crippen LogP contribution is -2.29. The molecular formula is C25H29N3O2. The van der Waals surface area contributed by atoms with Gasteiger partial charge in [0.1, 0.15) is 0 Å². The van der Waals surface area contributed by atoms with Crippen molar-refractivity contribution in [2.24, 2.45) is 0 Å². The van der Waals surface area contributed by atoms with Crippen LogP contribution in [0.15, 0.2) is 47.3 Å². The van der Waals surface area contributed by atoms with Gasteiger partial charge in [0.15, 0.2) is 0 Å². The fourth-order valence-electron chi connectivity index (χ4n) is 4.30. The Morgan fingerprint density at radius 2 is 1.93 bits per heavy atom. The number of pyridine rings is 1. The van der Waals surface area contributed by atoms with Gasteiger partial charge in [0, 0.05) is 30.7 Å². The molecule has 5 nitrogen and oxygen atoms in total. The first-order chi connectivity index (χ1) is 14.5. The van der Waals surface area contributed by atoms with Crippen LogP contribution in [0, 0.1) is 0 Å². The van der Waals surface area contributed by atoms with Crippen molar-refractivity contribution < 1.29 is 4.79 Å². The van der Waals surface area contributed by atoms with E-state index in [1.807, 2.05) is 37.3 Å². The van der Waals surface area contributed by atoms with Gasteiger partial charge < -0.3 is 15.2 Å². The summed E-state index contributed by atoms with van der Waals surface area (Å²) < 4.78 is 1.76. The van der Waals surface area contributed by atoms with Crippen LogP contribution in [0.1, 0.15) is 60.5 Å². The number of nitrogen functional groups attached to an aromatic ring is 1. The molecule has 2 N–H and O–H groups in total. The molecule has 30 heavy (non-hydrogen) atoms. The number of aryl methyl sites for hydroxylation is 2. The Balaban J connectivity index is 1.83. The molecule has 1 fully saturated rings. The van der Waals surface area contributed by atoms with Crippen molar-refractivity contribution in [3.8, 4) is 0 Å². The highest BCUT2D eigenvalue weighted by Crippen LogP contribution is 2.43. The molecule has 1 saturated carbocycles. The molecule has 0 saturated heterocycles. The first-order valence-electron chi connectivity index (χ1n) is 10.8. The zero-order chi connectivity index (χ0) is 21.4. The number of hydrogen-bond acceptors (Lipinski definition) is 3. The van der Waals surface area contributed by atoms with E-state index in [2.05, 4.69) is 13.0 Å². The molecule has 156 valence electrons. The smallest absolute Gasteiger partial charge is 0.260 e. The predicted octanol–water partition coefficient (Wildman–Crippen LogP) is 4.71. The zero-order valence-electron chi connectivity index (χ0n) is 17.9. The van der Waals surface area contributed by atoms with Crippen molar-refractivity contribution in [3.63, 3.8) is 0 Å². The molecule has 0 radical (unpaired) electrons. The molecule has 0 aliphatic heterocycles. The summed E-state index contributed by atoms with van der Waals surface area (Å²) in [6.07, 6.45) is 4.19. The van der Waals surface area contributed by atoms with Crippen LogP contribution in [0.5, 0.6) is 0 Å². The SMILES string of the molecule is CCCc1ccc(C(=O)N(C)c2cccc3c(C4CC4)cc(=O)n(CC)c23)c(N)c1. The van der Waals surface area contributed by atoms with Crippen molar-refractivity contribution in [2.45, 2.75) is 52.0 Å². The minimum Gasteiger partial charge on any atom is -0.398 e. The van der Waals surface area contributed by atoms with Crippen molar-refractivity contribution >= 4 is 28.2 Å². The Morgan fingerprint density at radius 1 is 1.17 bits per heavy atom. The molecule has 1 aliphatic carbocycles. The summed E-state index contributed by atoms with van der Waals surface area (Å²) >= 11 is 0. The van der Waals surface area contributed by atoms with Gasteiger partial charge in [-0.1, -0.05) is 31.5 Å². The van der Waals surface area contributed by atoms with E-state index in [4.69, 9.17) is 5.73 Å². The van der Waals surface area contributed by atoms with E-state index < -0.39 is 0 Å². The summed E-state index contributed by atoms with van der Waals surface area (Å²) in [5.41, 5.74) is 11.0. The second-order valence-corrected chi connectivity index (χ2v) is 8.17. The summed E-state index contributed by atoms with van der Waals surface area (Å²) in [5.74, 6) is 0.277. The monoisotopic (exact) mass is 403 g/mol. The van der Waals surface area contributed by atoms with Crippen molar-refractivity contribution in [1.82, 2.24) is 4.57 Å². The third-order valence-electron chi connectivity index (χ3n) is 6.03. The van der Waals surface area contributed by atoms with E-state index in [1.165, 1.54) is 0 Å². The van der Waals surface area contributed by atoms with E-state index in [1.54, 1.807) is 22.6 Å². The molecule has 0 unspecified atom stereocenters. The second-order valence-electron chi connectivity index (χ2n) is 8.17. The van der Waals surface area contributed by atoms with Crippen LogP contribution in [0.4, 0.5) is 11.4 Å². The van der Waals surface area contributed by atoms with Gasteiger partial charge in [0.05, 0.1) is 16.8 Å². The number of para-hydroxylation sites is 1. The largest absolute Gasteiger partial charge is 0.398 e. The summed E-state index contributed by atoms with van der Waals surface area (Å²) in [6.45, 7) is 4.63. The number of carbonyl (C=O) groups is 1. The molecule has 2 aromatic carbocycles. The van der Waals surface area contributed by atoms with Crippen LogP contribution in [0.25, 0.3) is 10.9 Å². The highest BCUT2D eigenvalue weighted by Gasteiger charge is 2.28. The van der Waals surface area contributed by atoms with Gasteiger partial charge >= 0.3 is 0 Å². The van der Waals surface area contributed by atoms with Crippen molar-refractivity contribution in [1.29, 1.82) is 0 Å². The van der Waals surface area contributed by atoms with Gasteiger partial charge in [-0.2, -0.15) is 0 Å². The first kappa shape index (κ1) is 20.2. The van der Waals surface area contributed by atoms with Crippen molar-refractivity contribution in [2.75, 3.05) is 17.7 Å². The molecule has 3 aromatic rings. The van der Waals surface area contributed by atoms with Crippen LogP contribution in [-0.2, 0) is 13.0 Å². The average molecular weight is 404 g/mol. The summed E-state index contributed by atoms with van der Waals surface area (Å²) in [6, 6.07) is 13.4. The van der Waals surface area contributed by atoms with Gasteiger partial charge in [-0.25, -0.2) is 0 Å². The molecule has 1 heterocycles. The summed E-state index contributed by atoms with van der Waals surface area (Å²) in [4.78, 5) is 27.8. The van der Waals surface area contributed by atoms with Gasteiger partial charge in [0.25, 0.3) is 11.5 Å². The van der Waals surface area contributed by atoms with Crippen LogP contribution >= 0.6 is 0 Å². The minimum absolute atomic E-state index is 0.0105. The van der Waals surface area contributed by atoms with Crippen LogP contribution in [-0.4, -0.2) is 17.5 Å². The highest BCUT2D eigenvalue weighted by molar-refractivity contribution is 6.12. The Morgan fingerprint density at radius 3 is 2.57 bits per heavy atom. The molecular weight excluding hydrogens is 374 g/mol. The first-order valence-corrected chi connectivity index (χ1v) is 10.8. The Labute approximate surface area is 177 Å². The van der Waals surface area contributed by atoms with Gasteiger partial charge in [-0.05, 0) is 61.4 Å². The number of hydrogen-bond donors (Lipinski definition) is 1. The molecule has 0 bridgehead atoms. The third-order valence-corrected chi connectivity index (χ3v) is 6.03. The lowest BCUT2D eigenvalue weighted by atomic mass is 10.0. The molecule has 1 aliphatic rings. The number of aromatic nitrogens is 1. The number of carbonyl (C=O) groups excluding carboxylic acids is 1. The van der Waals surface area contributed by atoms with Gasteiger partial charge in [-0.3, -0.25) is 9.59 Å². The highest BCUT2D eigenvalue weighted by atomic mass is 16.2. The minimum atomic E-state index is -0.171. The normalized spacial score (nSPS) is 13.6. The Hall–Kier alpha value is -3.08. The summed E-state index contributed by atoms with van der Waals surface area (Å²) in [5, 5.41) is 1.06. The molecule has 0 atom stereocenters. The van der Waals surface area contributed by atoms with E-state index in [9.17, 15) is 9.59 Å². The number of amides is 1. The fraction of sp³-hybridized carbons (Fsp3) is 0.360. The lowest BCUT2D eigenvalue weighted by Gasteiger charge is -2.23. The van der Waals surface area contributed by atoms with Crippen LogP contribution < -0.4 is 16.2 Å². The number of benzene rings is 2. The molecule has 1 amide bonds. The van der Waals surface area contributed by atoms with E-state index in [0.717, 1.165) is 53.4 Å². The second kappa shape index (κ2) is 7.98. The van der Waals surface area contributed by atoms with Crippen LogP contribution in [0.2, 0.25) is 0 Å². The number of nitrogens with two attached hydrogens (primary N) is 1. The van der Waals surface area contributed by atoms with E-state index in [0.29, 0.717) is 23.7 Å². The van der Waals surface area contributed by atoms with E-state index >= 15 is 0 Å². The average Bonchev–Trinajstić information content (AvgIpc) is 3.57. The maximum atomic E-state index is 13.4.